The first-order chi connectivity index (χ1) is 14.3. The number of nitrogens with zero attached hydrogens (tertiary/aromatic N) is 2. The van der Waals surface area contributed by atoms with Crippen molar-refractivity contribution in [3.8, 4) is 11.4 Å². The summed E-state index contributed by atoms with van der Waals surface area (Å²) < 4.78 is 28.6. The summed E-state index contributed by atoms with van der Waals surface area (Å²) in [4.78, 5) is 20.9. The Hall–Kier alpha value is -3.55. The molecule has 0 bridgehead atoms. The number of rotatable bonds is 3. The predicted octanol–water partition coefficient (Wildman–Crippen LogP) is 4.16. The number of anilines is 3. The third-order valence-electron chi connectivity index (χ3n) is 5.29. The van der Waals surface area contributed by atoms with Crippen LogP contribution in [-0.4, -0.2) is 21.4 Å². The lowest BCUT2D eigenvalue weighted by Crippen LogP contribution is -2.27. The van der Waals surface area contributed by atoms with Gasteiger partial charge < -0.3 is 16.0 Å². The van der Waals surface area contributed by atoms with Crippen molar-refractivity contribution < 1.29 is 13.6 Å². The Morgan fingerprint density at radius 1 is 1.07 bits per heavy atom. The lowest BCUT2D eigenvalue weighted by Gasteiger charge is -2.18. The first-order valence-corrected chi connectivity index (χ1v) is 9.62. The Balaban J connectivity index is 1.59. The van der Waals surface area contributed by atoms with E-state index in [9.17, 15) is 13.6 Å². The zero-order valence-electron chi connectivity index (χ0n) is 16.4. The van der Waals surface area contributed by atoms with E-state index in [2.05, 4.69) is 39.8 Å². The van der Waals surface area contributed by atoms with Gasteiger partial charge >= 0.3 is 0 Å². The molecule has 5 rings (SSSR count). The van der Waals surface area contributed by atoms with Gasteiger partial charge in [-0.2, -0.15) is 0 Å². The number of nitrogens with one attached hydrogen (secondary N) is 3. The molecule has 0 unspecified atom stereocenters. The molecular weight excluding hydrogens is 388 g/mol. The third-order valence-corrected chi connectivity index (χ3v) is 5.29. The highest BCUT2D eigenvalue weighted by atomic mass is 19.1. The molecule has 2 aliphatic rings. The van der Waals surface area contributed by atoms with Crippen LogP contribution in [0, 0.1) is 11.6 Å². The second kappa shape index (κ2) is 6.48. The van der Waals surface area contributed by atoms with E-state index in [0.717, 1.165) is 24.2 Å². The van der Waals surface area contributed by atoms with Gasteiger partial charge in [0, 0.05) is 16.9 Å². The van der Waals surface area contributed by atoms with Crippen LogP contribution in [0.5, 0.6) is 0 Å². The summed E-state index contributed by atoms with van der Waals surface area (Å²) in [7, 11) is 0. The summed E-state index contributed by atoms with van der Waals surface area (Å²) in [6.45, 7) is 4.42. The summed E-state index contributed by atoms with van der Waals surface area (Å²) in [5.74, 6) is -1.74. The Labute approximate surface area is 171 Å². The molecule has 0 fully saturated rings. The van der Waals surface area contributed by atoms with Crippen LogP contribution in [0.15, 0.2) is 36.4 Å². The van der Waals surface area contributed by atoms with Crippen LogP contribution >= 0.6 is 0 Å². The van der Waals surface area contributed by atoms with Crippen molar-refractivity contribution in [3.63, 3.8) is 0 Å². The second-order valence-corrected chi connectivity index (χ2v) is 8.18. The molecule has 6 nitrogen and oxygen atoms in total. The van der Waals surface area contributed by atoms with Crippen molar-refractivity contribution in [1.29, 1.82) is 0 Å². The largest absolute Gasteiger partial charge is 0.380 e. The molecule has 152 valence electrons. The van der Waals surface area contributed by atoms with Gasteiger partial charge in [-0.1, -0.05) is 12.1 Å². The van der Waals surface area contributed by atoms with Crippen molar-refractivity contribution in [2.75, 3.05) is 10.6 Å². The van der Waals surface area contributed by atoms with E-state index in [-0.39, 0.29) is 40.8 Å². The zero-order chi connectivity index (χ0) is 21.0. The number of fused-ring (bicyclic) bond motifs is 2. The van der Waals surface area contributed by atoms with Crippen LogP contribution in [0.25, 0.3) is 11.4 Å². The van der Waals surface area contributed by atoms with E-state index in [1.807, 2.05) is 18.2 Å². The maximum absolute atomic E-state index is 14.3. The van der Waals surface area contributed by atoms with Gasteiger partial charge in [-0.05, 0) is 50.1 Å². The molecular formula is C22H19F2N5O. The molecule has 30 heavy (non-hydrogen) atoms. The van der Waals surface area contributed by atoms with Gasteiger partial charge in [-0.15, -0.1) is 0 Å². The van der Waals surface area contributed by atoms with Crippen molar-refractivity contribution in [2.24, 2.45) is 0 Å². The molecule has 3 N–H and O–H groups in total. The second-order valence-electron chi connectivity index (χ2n) is 8.18. The van der Waals surface area contributed by atoms with Gasteiger partial charge in [0.2, 0.25) is 0 Å². The van der Waals surface area contributed by atoms with E-state index in [0.29, 0.717) is 11.4 Å². The first kappa shape index (κ1) is 18.5. The fourth-order valence-corrected chi connectivity index (χ4v) is 3.99. The summed E-state index contributed by atoms with van der Waals surface area (Å²) in [6.07, 6.45) is 0.907. The number of amides is 1. The van der Waals surface area contributed by atoms with E-state index < -0.39 is 11.6 Å². The fraction of sp³-hybridized carbons (Fsp3) is 0.227. The highest BCUT2D eigenvalue weighted by Gasteiger charge is 2.30. The van der Waals surface area contributed by atoms with Crippen LogP contribution in [0.1, 0.15) is 35.5 Å². The van der Waals surface area contributed by atoms with Crippen LogP contribution in [0.2, 0.25) is 0 Å². The average molecular weight is 407 g/mol. The Morgan fingerprint density at radius 2 is 1.83 bits per heavy atom. The Morgan fingerprint density at radius 3 is 2.60 bits per heavy atom. The molecule has 3 heterocycles. The van der Waals surface area contributed by atoms with E-state index in [1.165, 1.54) is 11.6 Å². The lowest BCUT2D eigenvalue weighted by molar-refractivity contribution is 0.0966. The minimum absolute atomic E-state index is 0.0352. The van der Waals surface area contributed by atoms with Gasteiger partial charge in [0.25, 0.3) is 5.91 Å². The van der Waals surface area contributed by atoms with Crippen LogP contribution in [0.3, 0.4) is 0 Å². The van der Waals surface area contributed by atoms with Crippen molar-refractivity contribution in [3.05, 3.63) is 64.9 Å². The van der Waals surface area contributed by atoms with Crippen molar-refractivity contribution in [2.45, 2.75) is 32.4 Å². The molecule has 2 aliphatic heterocycles. The highest BCUT2D eigenvalue weighted by molar-refractivity contribution is 6.03. The van der Waals surface area contributed by atoms with Gasteiger partial charge in [0.1, 0.15) is 23.0 Å². The number of carbonyl (C=O) groups excluding carboxylic acids is 1. The normalized spacial score (nSPS) is 15.9. The number of carbonyl (C=O) groups is 1. The third kappa shape index (κ3) is 3.04. The molecule has 8 heteroatoms. The molecule has 0 aliphatic carbocycles. The molecule has 0 spiro atoms. The molecule has 1 amide bonds. The molecule has 3 aromatic rings. The maximum atomic E-state index is 14.3. The molecule has 0 radical (unpaired) electrons. The molecule has 0 saturated carbocycles. The lowest BCUT2D eigenvalue weighted by atomic mass is 10.0. The summed E-state index contributed by atoms with van der Waals surface area (Å²) >= 11 is 0. The van der Waals surface area contributed by atoms with Gasteiger partial charge in [-0.25, -0.2) is 18.7 Å². The zero-order valence-corrected chi connectivity index (χ0v) is 16.4. The van der Waals surface area contributed by atoms with Crippen molar-refractivity contribution in [1.82, 2.24) is 15.3 Å². The average Bonchev–Trinajstić information content (AvgIpc) is 3.19. The quantitative estimate of drug-likeness (QED) is 0.608. The minimum atomic E-state index is -0.762. The van der Waals surface area contributed by atoms with E-state index in [1.54, 1.807) is 0 Å². The number of benzene rings is 2. The van der Waals surface area contributed by atoms with Crippen LogP contribution in [0.4, 0.5) is 26.0 Å². The number of aromatic nitrogens is 2. The summed E-state index contributed by atoms with van der Waals surface area (Å²) in [5.41, 5.74) is 3.23. The number of hydrogen-bond acceptors (Lipinski definition) is 5. The predicted molar refractivity (Wildman–Crippen MR) is 110 cm³/mol. The van der Waals surface area contributed by atoms with E-state index in [4.69, 9.17) is 0 Å². The molecule has 1 aromatic heterocycles. The Bertz CT molecular complexity index is 1190. The van der Waals surface area contributed by atoms with Gasteiger partial charge in [-0.3, -0.25) is 4.79 Å². The molecule has 0 saturated heterocycles. The number of halogens is 2. The highest BCUT2D eigenvalue weighted by Crippen LogP contribution is 2.36. The minimum Gasteiger partial charge on any atom is -0.380 e. The smallest absolute Gasteiger partial charge is 0.257 e. The van der Waals surface area contributed by atoms with Crippen LogP contribution in [-0.2, 0) is 13.0 Å². The Kier molecular flexibility index (Phi) is 3.99. The summed E-state index contributed by atoms with van der Waals surface area (Å²) in [6, 6.07) is 9.43. The first-order valence-electron chi connectivity index (χ1n) is 9.62. The molecule has 2 aromatic carbocycles. The fourth-order valence-electron chi connectivity index (χ4n) is 3.99. The SMILES string of the molecule is CC1(C)Cc2ccc(Nc3nc(-c4c(F)cccc4F)nc4c3C(=O)NC4)cc2N1. The molecule has 0 atom stereocenters. The van der Waals surface area contributed by atoms with Gasteiger partial charge in [0.15, 0.2) is 5.82 Å². The van der Waals surface area contributed by atoms with Crippen LogP contribution < -0.4 is 16.0 Å². The monoisotopic (exact) mass is 407 g/mol. The van der Waals surface area contributed by atoms with E-state index >= 15 is 0 Å². The number of hydrogen-bond donors (Lipinski definition) is 3. The maximum Gasteiger partial charge on any atom is 0.257 e. The summed E-state index contributed by atoms with van der Waals surface area (Å²) in [5, 5.41) is 9.30. The standard InChI is InChI=1S/C22H19F2N5O/c1-22(2)9-11-6-7-12(8-15(11)29-22)26-20-18-16(10-25-21(18)30)27-19(28-20)17-13(23)4-3-5-14(17)24/h3-8,29H,9-10H2,1-2H3,(H,25,30)(H,26,27,28). The van der Waals surface area contributed by atoms with Gasteiger partial charge in [0.05, 0.1) is 17.8 Å². The topological polar surface area (TPSA) is 78.9 Å². The van der Waals surface area contributed by atoms with Crippen molar-refractivity contribution >= 4 is 23.1 Å².